The van der Waals surface area contributed by atoms with Gasteiger partial charge in [0.15, 0.2) is 8.32 Å². The minimum Gasteiger partial charge on any atom is -0.432 e. The number of aromatic nitrogens is 1. The van der Waals surface area contributed by atoms with Gasteiger partial charge >= 0.3 is 0 Å². The number of likely N-dealkylation sites (N-methyl/N-ethyl adjacent to an activating group) is 1. The van der Waals surface area contributed by atoms with Crippen LogP contribution < -0.4 is 0 Å². The molecule has 7 rings (SSSR count). The van der Waals surface area contributed by atoms with E-state index in [0.29, 0.717) is 25.3 Å². The van der Waals surface area contributed by atoms with Gasteiger partial charge in [0.05, 0.1) is 17.2 Å². The molecular weight excluding hydrogens is 556 g/mol. The van der Waals surface area contributed by atoms with Crippen LogP contribution in [0, 0.1) is 11.3 Å². The Kier molecular flexibility index (Phi) is 6.73. The van der Waals surface area contributed by atoms with Crippen molar-refractivity contribution < 1.29 is 24.5 Å². The summed E-state index contributed by atoms with van der Waals surface area (Å²) in [6.45, 7) is 6.14. The number of carbonyl (C=O) groups is 1. The molecule has 7 atom stereocenters. The summed E-state index contributed by atoms with van der Waals surface area (Å²) in [6, 6.07) is 8.83. The predicted octanol–water partition coefficient (Wildman–Crippen LogP) is 5.13. The van der Waals surface area contributed by atoms with Crippen LogP contribution in [0.3, 0.4) is 0 Å². The SMILES string of the molecule is CN(C(=O)CCC[Si](C)(C)O)[C@H]1C[C@@]23CC[C@@]4(O2)C(=CC[C@]2(C)C(c5ccc6ccncc6c5)=CC[C@H]24)C=C3[C@@H](O)[C@@H]1O. The molecule has 3 heterocycles. The molecule has 3 N–H and O–H groups in total. The second-order valence-electron chi connectivity index (χ2n) is 14.6. The molecule has 2 aliphatic heterocycles. The minimum atomic E-state index is -2.23. The highest BCUT2D eigenvalue weighted by Crippen LogP contribution is 2.67. The molecule has 2 spiro atoms. The fraction of sp³-hybridized carbons (Fsp3) is 0.543. The second-order valence-corrected chi connectivity index (χ2v) is 18.7. The predicted molar refractivity (Wildman–Crippen MR) is 169 cm³/mol. The van der Waals surface area contributed by atoms with Gasteiger partial charge in [-0.05, 0) is 91.0 Å². The number of pyridine rings is 1. The van der Waals surface area contributed by atoms with E-state index in [-0.39, 0.29) is 17.2 Å². The number of aliphatic hydroxyl groups is 2. The van der Waals surface area contributed by atoms with Gasteiger partial charge in [-0.3, -0.25) is 9.78 Å². The van der Waals surface area contributed by atoms with Crippen molar-refractivity contribution in [3.05, 3.63) is 71.6 Å². The van der Waals surface area contributed by atoms with Crippen molar-refractivity contribution >= 4 is 30.6 Å². The number of fused-ring (bicyclic) bond motifs is 2. The van der Waals surface area contributed by atoms with E-state index in [2.05, 4.69) is 48.3 Å². The van der Waals surface area contributed by atoms with Crippen LogP contribution in [0.5, 0.6) is 0 Å². The zero-order chi connectivity index (χ0) is 30.4. The summed E-state index contributed by atoms with van der Waals surface area (Å²) in [6.07, 6.45) is 13.3. The summed E-state index contributed by atoms with van der Waals surface area (Å²) >= 11 is 0. The van der Waals surface area contributed by atoms with Crippen molar-refractivity contribution in [2.75, 3.05) is 7.05 Å². The zero-order valence-corrected chi connectivity index (χ0v) is 26.7. The third-order valence-electron chi connectivity index (χ3n) is 11.5. The fourth-order valence-electron chi connectivity index (χ4n) is 9.11. The summed E-state index contributed by atoms with van der Waals surface area (Å²) in [7, 11) is -0.497. The highest BCUT2D eigenvalue weighted by Gasteiger charge is 2.67. The van der Waals surface area contributed by atoms with Crippen LogP contribution in [0.1, 0.15) is 57.4 Å². The largest absolute Gasteiger partial charge is 0.432 e. The Balaban J connectivity index is 1.17. The van der Waals surface area contributed by atoms with Crippen LogP contribution in [-0.2, 0) is 9.53 Å². The smallest absolute Gasteiger partial charge is 0.222 e. The quantitative estimate of drug-likeness (QED) is 0.397. The number of ether oxygens (including phenoxy) is 1. The maximum absolute atomic E-state index is 13.2. The average molecular weight is 601 g/mol. The average Bonchev–Trinajstić information content (AvgIpc) is 3.49. The highest BCUT2D eigenvalue weighted by molar-refractivity contribution is 6.69. The Bertz CT molecular complexity index is 1580. The van der Waals surface area contributed by atoms with Gasteiger partial charge in [0, 0.05) is 49.0 Å². The van der Waals surface area contributed by atoms with Crippen LogP contribution in [0.4, 0.5) is 0 Å². The number of benzene rings is 1. The van der Waals surface area contributed by atoms with Gasteiger partial charge in [-0.25, -0.2) is 0 Å². The maximum Gasteiger partial charge on any atom is 0.222 e. The van der Waals surface area contributed by atoms with Crippen LogP contribution in [0.2, 0.25) is 19.1 Å². The summed E-state index contributed by atoms with van der Waals surface area (Å²) in [5.41, 5.74) is 3.25. The van der Waals surface area contributed by atoms with Crippen LogP contribution >= 0.6 is 0 Å². The van der Waals surface area contributed by atoms with Crippen LogP contribution in [-0.4, -0.2) is 75.6 Å². The van der Waals surface area contributed by atoms with Gasteiger partial charge in [-0.15, -0.1) is 0 Å². The van der Waals surface area contributed by atoms with E-state index < -0.39 is 37.8 Å². The molecule has 5 aliphatic rings. The third-order valence-corrected chi connectivity index (χ3v) is 13.0. The molecule has 7 nitrogen and oxygen atoms in total. The molecule has 2 fully saturated rings. The van der Waals surface area contributed by atoms with Crippen molar-refractivity contribution in [1.82, 2.24) is 9.88 Å². The molecule has 3 aliphatic carbocycles. The first-order valence-corrected chi connectivity index (χ1v) is 19.0. The zero-order valence-electron chi connectivity index (χ0n) is 25.7. The fourth-order valence-corrected chi connectivity index (χ4v) is 10.2. The number of nitrogens with zero attached hydrogens (tertiary/aromatic N) is 2. The van der Waals surface area contributed by atoms with E-state index in [4.69, 9.17) is 4.74 Å². The lowest BCUT2D eigenvalue weighted by Crippen LogP contribution is -2.63. The first-order chi connectivity index (χ1) is 20.4. The lowest BCUT2D eigenvalue weighted by atomic mass is 9.58. The van der Waals surface area contributed by atoms with Gasteiger partial charge in [0.2, 0.25) is 5.91 Å². The first-order valence-electron chi connectivity index (χ1n) is 15.9. The number of allylic oxidation sites excluding steroid dienone is 3. The Labute approximate surface area is 255 Å². The maximum atomic E-state index is 13.2. The monoisotopic (exact) mass is 600 g/mol. The highest BCUT2D eigenvalue weighted by atomic mass is 28.4. The number of rotatable bonds is 6. The van der Waals surface area contributed by atoms with Crippen molar-refractivity contribution in [3.8, 4) is 0 Å². The molecule has 1 saturated carbocycles. The summed E-state index contributed by atoms with van der Waals surface area (Å²) in [5.74, 6) is 0.187. The van der Waals surface area contributed by atoms with Gasteiger partial charge in [0.25, 0.3) is 0 Å². The lowest BCUT2D eigenvalue weighted by Gasteiger charge is -2.56. The molecule has 228 valence electrons. The molecule has 1 aromatic carbocycles. The van der Waals surface area contributed by atoms with E-state index in [1.165, 1.54) is 16.5 Å². The number of hydrogen-bond acceptors (Lipinski definition) is 6. The van der Waals surface area contributed by atoms with E-state index in [9.17, 15) is 19.8 Å². The third kappa shape index (κ3) is 4.43. The Morgan fingerprint density at radius 1 is 1.16 bits per heavy atom. The summed E-state index contributed by atoms with van der Waals surface area (Å²) in [5, 5.41) is 25.1. The number of carbonyl (C=O) groups excluding carboxylic acids is 1. The standard InChI is InChI=1S/C35H44N2O5Si/c1-33-13-11-25-19-27-31(39)32(40)28(37(2)30(38)6-5-17-43(3,4)41)20-34(27)14-15-35(25,42-34)29(33)10-9-26(33)23-8-7-22-12-16-36-21-24(22)18-23/h7-9,11-12,16,18-19,21,28-29,31-32,39-41H,5-6,10,13-15,17,20H2,1-4H3/t28-,29+,31+,32+,33+,34+,35+/m0/s1. The molecule has 1 saturated heterocycles. The van der Waals surface area contributed by atoms with Gasteiger partial charge < -0.3 is 24.6 Å². The van der Waals surface area contributed by atoms with Crippen molar-refractivity contribution in [3.63, 3.8) is 0 Å². The molecule has 2 bridgehead atoms. The molecule has 2 aromatic rings. The molecule has 0 unspecified atom stereocenters. The van der Waals surface area contributed by atoms with Gasteiger partial charge in [-0.1, -0.05) is 37.3 Å². The molecule has 1 amide bonds. The molecular formula is C35H44N2O5Si. The van der Waals surface area contributed by atoms with E-state index in [1.54, 1.807) is 11.9 Å². The minimum absolute atomic E-state index is 0.0668. The normalized spacial score (nSPS) is 36.3. The number of hydrogen-bond donors (Lipinski definition) is 3. The number of aliphatic hydroxyl groups excluding tert-OH is 2. The van der Waals surface area contributed by atoms with E-state index in [1.807, 2.05) is 31.6 Å². The molecule has 8 heteroatoms. The van der Waals surface area contributed by atoms with E-state index >= 15 is 0 Å². The van der Waals surface area contributed by atoms with Gasteiger partial charge in [-0.2, -0.15) is 0 Å². The Morgan fingerprint density at radius 3 is 2.77 bits per heavy atom. The molecule has 0 radical (unpaired) electrons. The van der Waals surface area contributed by atoms with Crippen molar-refractivity contribution in [1.29, 1.82) is 0 Å². The lowest BCUT2D eigenvalue weighted by molar-refractivity contribution is -0.168. The van der Waals surface area contributed by atoms with Crippen LogP contribution in [0.15, 0.2) is 66.0 Å². The molecule has 43 heavy (non-hydrogen) atoms. The van der Waals surface area contributed by atoms with Gasteiger partial charge in [0.1, 0.15) is 12.2 Å². The Morgan fingerprint density at radius 2 is 1.98 bits per heavy atom. The van der Waals surface area contributed by atoms with Crippen molar-refractivity contribution in [2.45, 2.75) is 100 Å². The Hall–Kier alpha value is -2.62. The summed E-state index contributed by atoms with van der Waals surface area (Å²) < 4.78 is 7.30. The molecule has 1 aromatic heterocycles. The first kappa shape index (κ1) is 29.1. The van der Waals surface area contributed by atoms with E-state index in [0.717, 1.165) is 42.2 Å². The van der Waals surface area contributed by atoms with Crippen LogP contribution in [0.25, 0.3) is 16.3 Å². The summed E-state index contributed by atoms with van der Waals surface area (Å²) in [4.78, 5) is 29.4. The topological polar surface area (TPSA) is 103 Å². The second kappa shape index (κ2) is 9.94. The van der Waals surface area contributed by atoms with Crippen molar-refractivity contribution in [2.24, 2.45) is 11.3 Å². The number of amides is 1.